The largest absolute Gasteiger partial charge is 0.351 e. The van der Waals surface area contributed by atoms with Crippen molar-refractivity contribution in [2.24, 2.45) is 0 Å². The number of aryl methyl sites for hydroxylation is 1. The lowest BCUT2D eigenvalue weighted by Gasteiger charge is -1.98. The molecule has 0 unspecified atom stereocenters. The molecule has 6 nitrogen and oxygen atoms in total. The predicted molar refractivity (Wildman–Crippen MR) is 75.7 cm³/mol. The van der Waals surface area contributed by atoms with Gasteiger partial charge in [0.15, 0.2) is 0 Å². The van der Waals surface area contributed by atoms with E-state index in [4.69, 9.17) is 0 Å². The van der Waals surface area contributed by atoms with Crippen LogP contribution in [0.5, 0.6) is 0 Å². The topological polar surface area (TPSA) is 83.6 Å². The van der Waals surface area contributed by atoms with Gasteiger partial charge < -0.3 is 10.3 Å². The van der Waals surface area contributed by atoms with Crippen molar-refractivity contribution in [3.05, 3.63) is 29.6 Å². The van der Waals surface area contributed by atoms with Gasteiger partial charge in [-0.15, -0.1) is 0 Å². The molecule has 2 aromatic heterocycles. The van der Waals surface area contributed by atoms with E-state index in [2.05, 4.69) is 24.0 Å². The Hall–Kier alpha value is -2.28. The van der Waals surface area contributed by atoms with Gasteiger partial charge in [0, 0.05) is 17.8 Å². The molecular formula is C13H11N5OS. The van der Waals surface area contributed by atoms with Gasteiger partial charge in [-0.25, -0.2) is 4.98 Å². The molecule has 0 fully saturated rings. The van der Waals surface area contributed by atoms with E-state index in [1.54, 1.807) is 0 Å². The van der Waals surface area contributed by atoms with Crippen molar-refractivity contribution < 1.29 is 4.79 Å². The number of nitrogens with zero attached hydrogens (tertiary/aromatic N) is 3. The Balaban J connectivity index is 1.82. The maximum atomic E-state index is 11.9. The van der Waals surface area contributed by atoms with Crippen LogP contribution < -0.4 is 5.32 Å². The average Bonchev–Trinajstić information content (AvgIpc) is 3.06. The van der Waals surface area contributed by atoms with Gasteiger partial charge in [0.2, 0.25) is 0 Å². The minimum atomic E-state index is -0.101. The third-order valence-corrected chi connectivity index (χ3v) is 3.97. The van der Waals surface area contributed by atoms with Crippen LogP contribution in [0.2, 0.25) is 0 Å². The monoisotopic (exact) mass is 285 g/mol. The van der Waals surface area contributed by atoms with Gasteiger partial charge in [0.25, 0.3) is 5.91 Å². The van der Waals surface area contributed by atoms with Crippen LogP contribution in [0.4, 0.5) is 0 Å². The number of rotatable bonds is 1. The zero-order chi connectivity index (χ0) is 13.5. The van der Waals surface area contributed by atoms with Crippen LogP contribution in [0.1, 0.15) is 22.6 Å². The standard InChI is InChI=1S/C13H11N5OS/c19-13-11-9(2-1-5-14-13)15-12(16-11)7-3-4-8-10(6-7)18-20-17-8/h3-4,6H,1-2,5H2,(H,14,19)(H,15,16). The highest BCUT2D eigenvalue weighted by molar-refractivity contribution is 7.00. The highest BCUT2D eigenvalue weighted by Crippen LogP contribution is 2.23. The fourth-order valence-electron chi connectivity index (χ4n) is 2.40. The Labute approximate surface area is 118 Å². The number of H-pyrrole nitrogens is 1. The van der Waals surface area contributed by atoms with E-state index in [0.29, 0.717) is 18.1 Å². The Morgan fingerprint density at radius 1 is 1.20 bits per heavy atom. The van der Waals surface area contributed by atoms with Gasteiger partial charge in [-0.3, -0.25) is 4.79 Å². The van der Waals surface area contributed by atoms with Crippen LogP contribution in [0.15, 0.2) is 18.2 Å². The summed E-state index contributed by atoms with van der Waals surface area (Å²) in [6.45, 7) is 0.703. The zero-order valence-electron chi connectivity index (χ0n) is 10.5. The fourth-order valence-corrected chi connectivity index (χ4v) is 2.91. The molecule has 3 aromatic rings. The third kappa shape index (κ3) is 1.78. The van der Waals surface area contributed by atoms with Crippen molar-refractivity contribution in [2.45, 2.75) is 12.8 Å². The first-order valence-electron chi connectivity index (χ1n) is 6.41. The number of hydrogen-bond acceptors (Lipinski definition) is 5. The summed E-state index contributed by atoms with van der Waals surface area (Å²) in [6.07, 6.45) is 1.76. The van der Waals surface area contributed by atoms with Crippen molar-refractivity contribution >= 4 is 28.7 Å². The number of amides is 1. The van der Waals surface area contributed by atoms with Crippen molar-refractivity contribution in [3.8, 4) is 11.4 Å². The molecule has 4 rings (SSSR count). The SMILES string of the molecule is O=C1NCCCc2[nH]c(-c3ccc4nsnc4c3)nc21. The van der Waals surface area contributed by atoms with Gasteiger partial charge in [0.05, 0.1) is 11.7 Å². The van der Waals surface area contributed by atoms with Gasteiger partial charge >= 0.3 is 0 Å². The molecule has 0 atom stereocenters. The van der Waals surface area contributed by atoms with E-state index >= 15 is 0 Å². The Bertz CT molecular complexity index is 806. The third-order valence-electron chi connectivity index (χ3n) is 3.41. The molecule has 100 valence electrons. The number of hydrogen-bond donors (Lipinski definition) is 2. The average molecular weight is 285 g/mol. The van der Waals surface area contributed by atoms with E-state index in [1.165, 1.54) is 11.7 Å². The number of aromatic nitrogens is 4. The molecular weight excluding hydrogens is 274 g/mol. The Morgan fingerprint density at radius 3 is 3.05 bits per heavy atom. The van der Waals surface area contributed by atoms with Gasteiger partial charge in [-0.2, -0.15) is 8.75 Å². The summed E-state index contributed by atoms with van der Waals surface area (Å²) in [5.41, 5.74) is 4.07. The molecule has 0 aliphatic carbocycles. The summed E-state index contributed by atoms with van der Waals surface area (Å²) in [6, 6.07) is 5.80. The summed E-state index contributed by atoms with van der Waals surface area (Å²) in [5, 5.41) is 2.85. The minimum Gasteiger partial charge on any atom is -0.351 e. The molecule has 20 heavy (non-hydrogen) atoms. The Morgan fingerprint density at radius 2 is 2.10 bits per heavy atom. The van der Waals surface area contributed by atoms with Crippen LogP contribution in [0, 0.1) is 0 Å². The molecule has 0 spiro atoms. The van der Waals surface area contributed by atoms with Gasteiger partial charge in [-0.1, -0.05) is 0 Å². The number of imidazole rings is 1. The van der Waals surface area contributed by atoms with Crippen LogP contribution >= 0.6 is 11.7 Å². The van der Waals surface area contributed by atoms with Crippen molar-refractivity contribution in [1.29, 1.82) is 0 Å². The maximum Gasteiger partial charge on any atom is 0.271 e. The lowest BCUT2D eigenvalue weighted by Crippen LogP contribution is -2.23. The second kappa shape index (κ2) is 4.38. The quantitative estimate of drug-likeness (QED) is 0.713. The van der Waals surface area contributed by atoms with Crippen LogP contribution in [-0.2, 0) is 6.42 Å². The second-order valence-corrected chi connectivity index (χ2v) is 5.27. The molecule has 0 bridgehead atoms. The number of nitrogens with one attached hydrogen (secondary N) is 2. The summed E-state index contributed by atoms with van der Waals surface area (Å²) in [7, 11) is 0. The number of aromatic amines is 1. The van der Waals surface area contributed by atoms with Crippen LogP contribution in [0.25, 0.3) is 22.4 Å². The van der Waals surface area contributed by atoms with E-state index in [0.717, 1.165) is 35.1 Å². The van der Waals surface area contributed by atoms with Crippen molar-refractivity contribution in [1.82, 2.24) is 24.0 Å². The number of fused-ring (bicyclic) bond motifs is 2. The number of carbonyl (C=O) groups excluding carboxylic acids is 1. The molecule has 1 amide bonds. The highest BCUT2D eigenvalue weighted by Gasteiger charge is 2.20. The highest BCUT2D eigenvalue weighted by atomic mass is 32.1. The minimum absolute atomic E-state index is 0.101. The second-order valence-electron chi connectivity index (χ2n) is 4.74. The summed E-state index contributed by atoms with van der Waals surface area (Å²) < 4.78 is 8.41. The molecule has 1 aliphatic heterocycles. The van der Waals surface area contributed by atoms with Crippen molar-refractivity contribution in [2.75, 3.05) is 6.54 Å². The van der Waals surface area contributed by atoms with Gasteiger partial charge in [-0.05, 0) is 31.0 Å². The first kappa shape index (κ1) is 11.5. The van der Waals surface area contributed by atoms with Crippen LogP contribution in [0.3, 0.4) is 0 Å². The fraction of sp³-hybridized carbons (Fsp3) is 0.231. The van der Waals surface area contributed by atoms with E-state index in [1.807, 2.05) is 18.2 Å². The molecule has 0 saturated heterocycles. The van der Waals surface area contributed by atoms with E-state index in [-0.39, 0.29) is 5.91 Å². The molecule has 2 N–H and O–H groups in total. The lowest BCUT2D eigenvalue weighted by atomic mass is 10.2. The Kier molecular flexibility index (Phi) is 2.53. The first-order chi connectivity index (χ1) is 9.81. The van der Waals surface area contributed by atoms with Crippen LogP contribution in [-0.4, -0.2) is 31.2 Å². The van der Waals surface area contributed by atoms with E-state index < -0.39 is 0 Å². The summed E-state index contributed by atoms with van der Waals surface area (Å²) >= 11 is 1.19. The summed E-state index contributed by atoms with van der Waals surface area (Å²) in [5.74, 6) is 0.610. The van der Waals surface area contributed by atoms with Crippen molar-refractivity contribution in [3.63, 3.8) is 0 Å². The molecule has 1 aromatic carbocycles. The van der Waals surface area contributed by atoms with E-state index in [9.17, 15) is 4.79 Å². The first-order valence-corrected chi connectivity index (χ1v) is 7.14. The molecule has 0 radical (unpaired) electrons. The number of benzene rings is 1. The predicted octanol–water partition coefficient (Wildman–Crippen LogP) is 1.76. The molecule has 1 aliphatic rings. The maximum absolute atomic E-state index is 11.9. The lowest BCUT2D eigenvalue weighted by molar-refractivity contribution is 0.0951. The molecule has 7 heteroatoms. The number of carbonyl (C=O) groups is 1. The summed E-state index contributed by atoms with van der Waals surface area (Å²) in [4.78, 5) is 19.6. The molecule has 0 saturated carbocycles. The zero-order valence-corrected chi connectivity index (χ0v) is 11.3. The van der Waals surface area contributed by atoms with Gasteiger partial charge in [0.1, 0.15) is 22.6 Å². The smallest absolute Gasteiger partial charge is 0.271 e. The normalized spacial score (nSPS) is 14.9. The molecule has 3 heterocycles.